The van der Waals surface area contributed by atoms with Crippen LogP contribution in [0.15, 0.2) is 47.1 Å². The van der Waals surface area contributed by atoms with E-state index >= 15 is 0 Å². The van der Waals surface area contributed by atoms with Crippen LogP contribution in [0.3, 0.4) is 0 Å². The van der Waals surface area contributed by atoms with Gasteiger partial charge < -0.3 is 18.8 Å². The Labute approximate surface area is 174 Å². The number of benzene rings is 1. The lowest BCUT2D eigenvalue weighted by Gasteiger charge is -2.38. The fourth-order valence-corrected chi connectivity index (χ4v) is 4.85. The molecule has 1 fully saturated rings. The summed E-state index contributed by atoms with van der Waals surface area (Å²) < 4.78 is 16.3. The van der Waals surface area contributed by atoms with Gasteiger partial charge in [0.25, 0.3) is 0 Å². The Hall–Kier alpha value is -3.09. The predicted molar refractivity (Wildman–Crippen MR) is 106 cm³/mol. The van der Waals surface area contributed by atoms with Gasteiger partial charge in [0.05, 0.1) is 25.4 Å². The van der Waals surface area contributed by atoms with Crippen LogP contribution in [0.5, 0.6) is 0 Å². The van der Waals surface area contributed by atoms with Gasteiger partial charge in [-0.05, 0) is 31.4 Å². The number of carbonyl (C=O) groups is 3. The molecule has 1 aliphatic carbocycles. The smallest absolute Gasteiger partial charge is 0.329 e. The molecule has 0 radical (unpaired) electrons. The number of esters is 2. The summed E-state index contributed by atoms with van der Waals surface area (Å²) in [6.07, 6.45) is 1.93. The lowest BCUT2D eigenvalue weighted by atomic mass is 9.61. The third kappa shape index (κ3) is 3.00. The maximum Gasteiger partial charge on any atom is 0.329 e. The number of fused-ring (bicyclic) bond motifs is 2. The number of ether oxygens (including phenoxy) is 2. The van der Waals surface area contributed by atoms with Crippen molar-refractivity contribution in [3.63, 3.8) is 0 Å². The van der Waals surface area contributed by atoms with Crippen LogP contribution in [0, 0.1) is 11.8 Å². The standard InChI is InChI=1S/C23H25NO6/c1-3-28-21(26)23(22(27)29-4-2)17-10-11-30-18(17)12-16-14-24(20(25)19(16)23)13-15-8-6-5-7-9-15/h5-11,16,19H,3-4,12-14H2,1-2H3/t16-,19-/m1/s1. The highest BCUT2D eigenvalue weighted by atomic mass is 16.6. The largest absolute Gasteiger partial charge is 0.469 e. The number of amides is 1. The minimum absolute atomic E-state index is 0.0898. The summed E-state index contributed by atoms with van der Waals surface area (Å²) in [6, 6.07) is 11.2. The summed E-state index contributed by atoms with van der Waals surface area (Å²) in [4.78, 5) is 41.9. The third-order valence-corrected chi connectivity index (χ3v) is 6.00. The van der Waals surface area contributed by atoms with Crippen LogP contribution < -0.4 is 0 Å². The molecular formula is C23H25NO6. The summed E-state index contributed by atoms with van der Waals surface area (Å²) in [5, 5.41) is 0. The fraction of sp³-hybridized carbons (Fsp3) is 0.435. The van der Waals surface area contributed by atoms with Crippen molar-refractivity contribution in [3.8, 4) is 0 Å². The fourth-order valence-electron chi connectivity index (χ4n) is 4.85. The lowest BCUT2D eigenvalue weighted by molar-refractivity contribution is -0.172. The Morgan fingerprint density at radius 1 is 1.10 bits per heavy atom. The first-order valence-corrected chi connectivity index (χ1v) is 10.3. The van der Waals surface area contributed by atoms with Gasteiger partial charge in [-0.15, -0.1) is 0 Å². The van der Waals surface area contributed by atoms with Crippen LogP contribution in [0.2, 0.25) is 0 Å². The zero-order valence-electron chi connectivity index (χ0n) is 17.1. The molecule has 4 rings (SSSR count). The number of hydrogen-bond donors (Lipinski definition) is 0. The third-order valence-electron chi connectivity index (χ3n) is 6.00. The molecule has 0 spiro atoms. The van der Waals surface area contributed by atoms with Crippen molar-refractivity contribution in [1.82, 2.24) is 4.90 Å². The highest BCUT2D eigenvalue weighted by Crippen LogP contribution is 2.50. The molecule has 2 heterocycles. The van der Waals surface area contributed by atoms with Crippen LogP contribution in [0.1, 0.15) is 30.7 Å². The Morgan fingerprint density at radius 2 is 1.77 bits per heavy atom. The molecule has 1 aromatic heterocycles. The van der Waals surface area contributed by atoms with Crippen molar-refractivity contribution in [2.45, 2.75) is 32.2 Å². The zero-order chi connectivity index (χ0) is 21.3. The van der Waals surface area contributed by atoms with E-state index < -0.39 is 23.3 Å². The van der Waals surface area contributed by atoms with E-state index in [1.165, 1.54) is 6.26 Å². The van der Waals surface area contributed by atoms with Crippen LogP contribution in [0.4, 0.5) is 0 Å². The average molecular weight is 411 g/mol. The highest BCUT2D eigenvalue weighted by molar-refractivity contribution is 6.11. The molecule has 158 valence electrons. The first kappa shape index (κ1) is 20.2. The van der Waals surface area contributed by atoms with Crippen LogP contribution >= 0.6 is 0 Å². The Balaban J connectivity index is 1.80. The van der Waals surface area contributed by atoms with E-state index in [4.69, 9.17) is 13.9 Å². The monoisotopic (exact) mass is 411 g/mol. The SMILES string of the molecule is CCOC(=O)C1(C(=O)OCC)c2ccoc2C[C@@H]2CN(Cc3ccccc3)C(=O)[C@@H]21. The topological polar surface area (TPSA) is 86.1 Å². The first-order valence-electron chi connectivity index (χ1n) is 10.3. The molecule has 0 N–H and O–H groups in total. The van der Waals surface area contributed by atoms with Crippen molar-refractivity contribution in [2.24, 2.45) is 11.8 Å². The maximum atomic E-state index is 13.6. The molecule has 2 atom stereocenters. The molecular weight excluding hydrogens is 386 g/mol. The second kappa shape index (κ2) is 7.97. The Kier molecular flexibility index (Phi) is 5.37. The highest BCUT2D eigenvalue weighted by Gasteiger charge is 2.67. The van der Waals surface area contributed by atoms with E-state index in [0.717, 1.165) is 5.56 Å². The van der Waals surface area contributed by atoms with Crippen molar-refractivity contribution in [3.05, 3.63) is 59.5 Å². The Bertz CT molecular complexity index is 932. The predicted octanol–water partition coefficient (Wildman–Crippen LogP) is 2.47. The summed E-state index contributed by atoms with van der Waals surface area (Å²) in [7, 11) is 0. The molecule has 30 heavy (non-hydrogen) atoms. The van der Waals surface area contributed by atoms with Crippen molar-refractivity contribution in [1.29, 1.82) is 0 Å². The van der Waals surface area contributed by atoms with Crippen LogP contribution in [0.25, 0.3) is 0 Å². The normalized spacial score (nSPS) is 21.7. The van der Waals surface area contributed by atoms with Gasteiger partial charge in [-0.1, -0.05) is 30.3 Å². The summed E-state index contributed by atoms with van der Waals surface area (Å²) in [5.74, 6) is -2.35. The molecule has 2 aliphatic rings. The molecule has 1 aliphatic heterocycles. The molecule has 2 aromatic rings. The zero-order valence-corrected chi connectivity index (χ0v) is 17.1. The molecule has 0 unspecified atom stereocenters. The van der Waals surface area contributed by atoms with Gasteiger partial charge in [-0.25, -0.2) is 0 Å². The minimum Gasteiger partial charge on any atom is -0.469 e. The lowest BCUT2D eigenvalue weighted by Crippen LogP contribution is -2.57. The Morgan fingerprint density at radius 3 is 2.40 bits per heavy atom. The van der Waals surface area contributed by atoms with Gasteiger partial charge in [0.15, 0.2) is 0 Å². The van der Waals surface area contributed by atoms with Gasteiger partial charge in [0.1, 0.15) is 5.76 Å². The van der Waals surface area contributed by atoms with Gasteiger partial charge in [-0.3, -0.25) is 14.4 Å². The summed E-state index contributed by atoms with van der Waals surface area (Å²) >= 11 is 0. The summed E-state index contributed by atoms with van der Waals surface area (Å²) in [6.45, 7) is 4.37. The van der Waals surface area contributed by atoms with Gasteiger partial charge in [0.2, 0.25) is 11.3 Å². The van der Waals surface area contributed by atoms with Gasteiger partial charge in [-0.2, -0.15) is 0 Å². The number of furan rings is 1. The van der Waals surface area contributed by atoms with Gasteiger partial charge in [0, 0.05) is 25.1 Å². The maximum absolute atomic E-state index is 13.6. The molecule has 1 amide bonds. The van der Waals surface area contributed by atoms with E-state index in [1.807, 2.05) is 30.3 Å². The molecule has 7 heteroatoms. The number of hydrogen-bond acceptors (Lipinski definition) is 6. The van der Waals surface area contributed by atoms with E-state index in [1.54, 1.807) is 24.8 Å². The summed E-state index contributed by atoms with van der Waals surface area (Å²) in [5.41, 5.74) is -0.477. The average Bonchev–Trinajstić information content (AvgIpc) is 3.32. The molecule has 0 bridgehead atoms. The molecule has 7 nitrogen and oxygen atoms in total. The molecule has 1 aromatic carbocycles. The second-order valence-corrected chi connectivity index (χ2v) is 7.65. The van der Waals surface area contributed by atoms with Crippen molar-refractivity contribution in [2.75, 3.05) is 19.8 Å². The molecule has 0 saturated carbocycles. The number of carbonyl (C=O) groups excluding carboxylic acids is 3. The minimum atomic E-state index is -1.85. The van der Waals surface area contributed by atoms with Crippen LogP contribution in [-0.2, 0) is 42.2 Å². The second-order valence-electron chi connectivity index (χ2n) is 7.65. The van der Waals surface area contributed by atoms with E-state index in [0.29, 0.717) is 30.8 Å². The number of likely N-dealkylation sites (tertiary alicyclic amines) is 1. The van der Waals surface area contributed by atoms with E-state index in [-0.39, 0.29) is 25.0 Å². The quantitative estimate of drug-likeness (QED) is 0.536. The first-order chi connectivity index (χ1) is 14.5. The number of nitrogens with zero attached hydrogens (tertiary/aromatic N) is 1. The van der Waals surface area contributed by atoms with E-state index in [9.17, 15) is 14.4 Å². The number of rotatable bonds is 6. The van der Waals surface area contributed by atoms with Crippen molar-refractivity contribution < 1.29 is 28.3 Å². The molecule has 1 saturated heterocycles. The van der Waals surface area contributed by atoms with E-state index in [2.05, 4.69) is 0 Å². The van der Waals surface area contributed by atoms with Crippen molar-refractivity contribution >= 4 is 17.8 Å². The van der Waals surface area contributed by atoms with Gasteiger partial charge >= 0.3 is 11.9 Å². The van der Waals surface area contributed by atoms with Crippen LogP contribution in [-0.4, -0.2) is 42.5 Å².